The van der Waals surface area contributed by atoms with Gasteiger partial charge in [-0.25, -0.2) is 0 Å². The highest BCUT2D eigenvalue weighted by Crippen LogP contribution is 2.29. The van der Waals surface area contributed by atoms with Gasteiger partial charge in [-0.15, -0.1) is 0 Å². The maximum Gasteiger partial charge on any atom is 0.270 e. The largest absolute Gasteiger partial charge is 0.349 e. The third kappa shape index (κ3) is 3.93. The molecule has 1 aliphatic carbocycles. The summed E-state index contributed by atoms with van der Waals surface area (Å²) in [6, 6.07) is 4.55. The summed E-state index contributed by atoms with van der Waals surface area (Å²) in [7, 11) is 0. The van der Waals surface area contributed by atoms with Crippen LogP contribution < -0.4 is 5.32 Å². The number of hydrogen-bond donors (Lipinski definition) is 1. The first kappa shape index (κ1) is 16.2. The van der Waals surface area contributed by atoms with Crippen molar-refractivity contribution >= 4 is 34.2 Å². The molecule has 5 nitrogen and oxygen atoms in total. The smallest absolute Gasteiger partial charge is 0.270 e. The highest BCUT2D eigenvalue weighted by molar-refractivity contribution is 14.1. The van der Waals surface area contributed by atoms with Crippen LogP contribution in [0.3, 0.4) is 0 Å². The van der Waals surface area contributed by atoms with E-state index in [4.69, 9.17) is 0 Å². The molecule has 3 atom stereocenters. The number of nitro benzene ring substituents is 1. The van der Waals surface area contributed by atoms with Gasteiger partial charge in [-0.2, -0.15) is 0 Å². The molecule has 0 aromatic heterocycles. The van der Waals surface area contributed by atoms with Gasteiger partial charge in [0.15, 0.2) is 0 Å². The van der Waals surface area contributed by atoms with E-state index in [2.05, 4.69) is 19.2 Å². The first-order valence-corrected chi connectivity index (χ1v) is 8.21. The lowest BCUT2D eigenvalue weighted by Gasteiger charge is -2.32. The summed E-state index contributed by atoms with van der Waals surface area (Å²) in [5.41, 5.74) is 0.335. The predicted molar refractivity (Wildman–Crippen MR) is 89.2 cm³/mol. The summed E-state index contributed by atoms with van der Waals surface area (Å²) in [6.07, 6.45) is 3.05. The minimum atomic E-state index is -0.475. The molecule has 1 aromatic carbocycles. The second-order valence-electron chi connectivity index (χ2n) is 5.86. The van der Waals surface area contributed by atoms with Gasteiger partial charge in [0.1, 0.15) is 0 Å². The Balaban J connectivity index is 2.10. The number of nitrogens with one attached hydrogen (secondary N) is 1. The van der Waals surface area contributed by atoms with E-state index >= 15 is 0 Å². The summed E-state index contributed by atoms with van der Waals surface area (Å²) in [6.45, 7) is 4.45. The first-order chi connectivity index (χ1) is 9.88. The Bertz CT molecular complexity index is 562. The van der Waals surface area contributed by atoms with Gasteiger partial charge < -0.3 is 5.32 Å². The zero-order valence-electron chi connectivity index (χ0n) is 12.1. The fourth-order valence-electron chi connectivity index (χ4n) is 2.74. The molecule has 3 unspecified atom stereocenters. The lowest BCUT2D eigenvalue weighted by molar-refractivity contribution is -0.384. The highest BCUT2D eigenvalue weighted by atomic mass is 127. The van der Waals surface area contributed by atoms with Crippen LogP contribution in [0.4, 0.5) is 5.69 Å². The molecular weight excluding hydrogens is 383 g/mol. The molecule has 1 amide bonds. The number of non-ortho nitro benzene ring substituents is 1. The van der Waals surface area contributed by atoms with Crippen molar-refractivity contribution in [1.29, 1.82) is 0 Å². The van der Waals surface area contributed by atoms with E-state index in [1.807, 2.05) is 22.6 Å². The van der Waals surface area contributed by atoms with Gasteiger partial charge in [0.05, 0.1) is 10.5 Å². The molecule has 0 saturated heterocycles. The third-order valence-electron chi connectivity index (χ3n) is 4.34. The molecule has 0 spiro atoms. The second-order valence-corrected chi connectivity index (χ2v) is 7.02. The Hall–Kier alpha value is -1.18. The average Bonchev–Trinajstić information content (AvgIpc) is 2.43. The van der Waals surface area contributed by atoms with E-state index in [9.17, 15) is 14.9 Å². The van der Waals surface area contributed by atoms with E-state index in [1.165, 1.54) is 12.1 Å². The Labute approximate surface area is 137 Å². The Morgan fingerprint density at radius 2 is 2.05 bits per heavy atom. The molecule has 1 N–H and O–H groups in total. The number of benzene rings is 1. The van der Waals surface area contributed by atoms with Crippen LogP contribution in [0, 0.1) is 25.5 Å². The van der Waals surface area contributed by atoms with Crippen molar-refractivity contribution in [3.05, 3.63) is 37.4 Å². The van der Waals surface area contributed by atoms with E-state index in [0.29, 0.717) is 17.4 Å². The molecule has 1 fully saturated rings. The number of nitro groups is 1. The first-order valence-electron chi connectivity index (χ1n) is 7.13. The normalized spacial score (nSPS) is 25.4. The average molecular weight is 402 g/mol. The van der Waals surface area contributed by atoms with Crippen LogP contribution in [-0.2, 0) is 0 Å². The summed E-state index contributed by atoms with van der Waals surface area (Å²) in [5, 5.41) is 13.9. The van der Waals surface area contributed by atoms with Gasteiger partial charge in [-0.1, -0.05) is 13.8 Å². The molecule has 6 heteroatoms. The molecule has 1 saturated carbocycles. The van der Waals surface area contributed by atoms with Crippen molar-refractivity contribution in [3.8, 4) is 0 Å². The fourth-order valence-corrected chi connectivity index (χ4v) is 3.32. The number of halogens is 1. The standard InChI is InChI=1S/C15H19IN2O3/c1-9-3-4-11(7-10(9)2)17-15(19)13-8-12(18(20)21)5-6-14(13)16/h5-6,8-11H,3-4,7H2,1-2H3,(H,17,19). The summed E-state index contributed by atoms with van der Waals surface area (Å²) >= 11 is 2.03. The maximum absolute atomic E-state index is 12.4. The lowest BCUT2D eigenvalue weighted by Crippen LogP contribution is -2.40. The highest BCUT2D eigenvalue weighted by Gasteiger charge is 2.26. The topological polar surface area (TPSA) is 72.2 Å². The fraction of sp³-hybridized carbons (Fsp3) is 0.533. The van der Waals surface area contributed by atoms with Crippen molar-refractivity contribution in [2.75, 3.05) is 0 Å². The summed E-state index contributed by atoms with van der Waals surface area (Å²) < 4.78 is 0.730. The van der Waals surface area contributed by atoms with Gasteiger partial charge in [0, 0.05) is 21.7 Å². The monoisotopic (exact) mass is 402 g/mol. The molecule has 1 aromatic rings. The summed E-state index contributed by atoms with van der Waals surface area (Å²) in [5.74, 6) is 1.07. The van der Waals surface area contributed by atoms with Gasteiger partial charge in [-0.05, 0) is 59.8 Å². The van der Waals surface area contributed by atoms with E-state index in [1.54, 1.807) is 6.07 Å². The van der Waals surface area contributed by atoms with Crippen molar-refractivity contribution < 1.29 is 9.72 Å². The van der Waals surface area contributed by atoms with E-state index in [-0.39, 0.29) is 17.6 Å². The van der Waals surface area contributed by atoms with Gasteiger partial charge in [0.25, 0.3) is 11.6 Å². The number of carbonyl (C=O) groups is 1. The summed E-state index contributed by atoms with van der Waals surface area (Å²) in [4.78, 5) is 22.7. The van der Waals surface area contributed by atoms with Crippen molar-refractivity contribution in [2.24, 2.45) is 11.8 Å². The maximum atomic E-state index is 12.4. The molecule has 2 rings (SSSR count). The number of nitrogens with zero attached hydrogens (tertiary/aromatic N) is 1. The SMILES string of the molecule is CC1CCC(NC(=O)c2cc([N+](=O)[O-])ccc2I)CC1C. The number of hydrogen-bond acceptors (Lipinski definition) is 3. The Kier molecular flexibility index (Phi) is 5.18. The number of rotatable bonds is 3. The molecule has 0 aliphatic heterocycles. The molecule has 0 bridgehead atoms. The van der Waals surface area contributed by atoms with E-state index < -0.39 is 4.92 Å². The molecular formula is C15H19IN2O3. The minimum Gasteiger partial charge on any atom is -0.349 e. The molecule has 0 heterocycles. The zero-order chi connectivity index (χ0) is 15.6. The van der Waals surface area contributed by atoms with Crippen LogP contribution >= 0.6 is 22.6 Å². The zero-order valence-corrected chi connectivity index (χ0v) is 14.3. The molecule has 21 heavy (non-hydrogen) atoms. The van der Waals surface area contributed by atoms with Crippen LogP contribution in [-0.4, -0.2) is 16.9 Å². The van der Waals surface area contributed by atoms with Gasteiger partial charge in [0.2, 0.25) is 0 Å². The van der Waals surface area contributed by atoms with Crippen molar-refractivity contribution in [2.45, 2.75) is 39.2 Å². The van der Waals surface area contributed by atoms with Crippen molar-refractivity contribution in [1.82, 2.24) is 5.32 Å². The lowest BCUT2D eigenvalue weighted by atomic mass is 9.79. The van der Waals surface area contributed by atoms with Crippen LogP contribution in [0.5, 0.6) is 0 Å². The van der Waals surface area contributed by atoms with Gasteiger partial charge in [-0.3, -0.25) is 14.9 Å². The Morgan fingerprint density at radius 3 is 2.67 bits per heavy atom. The van der Waals surface area contributed by atoms with Crippen molar-refractivity contribution in [3.63, 3.8) is 0 Å². The van der Waals surface area contributed by atoms with Crippen LogP contribution in [0.1, 0.15) is 43.5 Å². The molecule has 114 valence electrons. The quantitative estimate of drug-likeness (QED) is 0.476. The third-order valence-corrected chi connectivity index (χ3v) is 5.28. The predicted octanol–water partition coefficient (Wildman–Crippen LogP) is 3.75. The second kappa shape index (κ2) is 6.72. The van der Waals surface area contributed by atoms with Crippen LogP contribution in [0.25, 0.3) is 0 Å². The van der Waals surface area contributed by atoms with Crippen LogP contribution in [0.15, 0.2) is 18.2 Å². The Morgan fingerprint density at radius 1 is 1.33 bits per heavy atom. The molecule has 1 aliphatic rings. The van der Waals surface area contributed by atoms with Gasteiger partial charge >= 0.3 is 0 Å². The van der Waals surface area contributed by atoms with Crippen LogP contribution in [0.2, 0.25) is 0 Å². The minimum absolute atomic E-state index is 0.0498. The van der Waals surface area contributed by atoms with E-state index in [0.717, 1.165) is 22.8 Å². The molecule has 0 radical (unpaired) electrons. The number of amides is 1. The number of carbonyl (C=O) groups excluding carboxylic acids is 1.